The first kappa shape index (κ1) is 15.8. The van der Waals surface area contributed by atoms with Crippen molar-refractivity contribution in [2.45, 2.75) is 31.8 Å². The van der Waals surface area contributed by atoms with E-state index in [-0.39, 0.29) is 0 Å². The van der Waals surface area contributed by atoms with Gasteiger partial charge in [-0.1, -0.05) is 0 Å². The van der Waals surface area contributed by atoms with E-state index >= 15 is 0 Å². The molecule has 5 rings (SSSR count). The first-order valence-electron chi connectivity index (χ1n) is 9.12. The lowest BCUT2D eigenvalue weighted by Gasteiger charge is -2.45. The molecule has 2 atom stereocenters. The van der Waals surface area contributed by atoms with Crippen molar-refractivity contribution in [1.82, 2.24) is 4.90 Å². The fourth-order valence-corrected chi connectivity index (χ4v) is 4.69. The van der Waals surface area contributed by atoms with E-state index in [9.17, 15) is 0 Å². The van der Waals surface area contributed by atoms with Gasteiger partial charge in [-0.25, -0.2) is 0 Å². The van der Waals surface area contributed by atoms with Crippen LogP contribution >= 0.6 is 0 Å². The van der Waals surface area contributed by atoms with Crippen molar-refractivity contribution in [3.63, 3.8) is 0 Å². The molecule has 3 aliphatic rings. The molecule has 0 N–H and O–H groups in total. The van der Waals surface area contributed by atoms with Crippen LogP contribution in [0.1, 0.15) is 41.3 Å². The molecule has 0 aliphatic carbocycles. The summed E-state index contributed by atoms with van der Waals surface area (Å²) in [6.07, 6.45) is 2.00. The third-order valence-electron chi connectivity index (χ3n) is 6.04. The van der Waals surface area contributed by atoms with Crippen LogP contribution in [0.2, 0.25) is 0 Å². The summed E-state index contributed by atoms with van der Waals surface area (Å²) >= 11 is 0. The molecule has 0 spiro atoms. The average Bonchev–Trinajstić information content (AvgIpc) is 3.13. The average molecular weight is 353 g/mol. The molecule has 3 aliphatic heterocycles. The second-order valence-electron chi connectivity index (χ2n) is 7.19. The Labute approximate surface area is 153 Å². The van der Waals surface area contributed by atoms with Crippen LogP contribution in [0, 0.1) is 0 Å². The zero-order valence-corrected chi connectivity index (χ0v) is 15.4. The summed E-state index contributed by atoms with van der Waals surface area (Å²) < 4.78 is 22.2. The van der Waals surface area contributed by atoms with E-state index in [1.165, 1.54) is 22.3 Å². The number of hydrogen-bond donors (Lipinski definition) is 0. The zero-order valence-electron chi connectivity index (χ0n) is 15.4. The van der Waals surface area contributed by atoms with Gasteiger partial charge in [-0.3, -0.25) is 4.90 Å². The molecule has 2 aromatic carbocycles. The van der Waals surface area contributed by atoms with Crippen LogP contribution in [-0.4, -0.2) is 32.5 Å². The number of methoxy groups -OCH3 is 2. The largest absolute Gasteiger partial charge is 0.493 e. The number of hydrogen-bond acceptors (Lipinski definition) is 5. The fourth-order valence-electron chi connectivity index (χ4n) is 4.69. The minimum absolute atomic E-state index is 0.319. The van der Waals surface area contributed by atoms with Gasteiger partial charge in [0.2, 0.25) is 6.79 Å². The van der Waals surface area contributed by atoms with Gasteiger partial charge in [-0.05, 0) is 66.3 Å². The van der Waals surface area contributed by atoms with Crippen molar-refractivity contribution in [2.75, 3.05) is 27.6 Å². The second kappa shape index (κ2) is 5.81. The molecule has 2 aromatic rings. The van der Waals surface area contributed by atoms with Crippen molar-refractivity contribution in [3.8, 4) is 23.0 Å². The molecule has 0 radical (unpaired) electrons. The Morgan fingerprint density at radius 1 is 0.923 bits per heavy atom. The highest BCUT2D eigenvalue weighted by Crippen LogP contribution is 2.48. The van der Waals surface area contributed by atoms with Gasteiger partial charge in [0.15, 0.2) is 23.0 Å². The van der Waals surface area contributed by atoms with Crippen molar-refractivity contribution in [3.05, 3.63) is 46.5 Å². The number of fused-ring (bicyclic) bond motifs is 5. The predicted octanol–water partition coefficient (Wildman–Crippen LogP) is 3.65. The molecular weight excluding hydrogens is 330 g/mol. The van der Waals surface area contributed by atoms with Gasteiger partial charge in [0.25, 0.3) is 0 Å². The number of nitrogens with zero attached hydrogens (tertiary/aromatic N) is 1. The molecule has 0 saturated heterocycles. The van der Waals surface area contributed by atoms with Gasteiger partial charge in [0.1, 0.15) is 0 Å². The maximum atomic E-state index is 5.60. The lowest BCUT2D eigenvalue weighted by atomic mass is 9.81. The smallest absolute Gasteiger partial charge is 0.231 e. The van der Waals surface area contributed by atoms with Crippen molar-refractivity contribution in [1.29, 1.82) is 0 Å². The Balaban J connectivity index is 1.60. The molecule has 0 saturated carbocycles. The highest BCUT2D eigenvalue weighted by molar-refractivity contribution is 5.54. The monoisotopic (exact) mass is 353 g/mol. The Morgan fingerprint density at radius 3 is 2.42 bits per heavy atom. The summed E-state index contributed by atoms with van der Waals surface area (Å²) in [5.74, 6) is 3.36. The van der Waals surface area contributed by atoms with Gasteiger partial charge in [-0.15, -0.1) is 0 Å². The van der Waals surface area contributed by atoms with Crippen LogP contribution in [0.5, 0.6) is 23.0 Å². The van der Waals surface area contributed by atoms with Crippen LogP contribution in [0.15, 0.2) is 24.3 Å². The number of benzene rings is 2. The first-order valence-corrected chi connectivity index (χ1v) is 9.12. The molecule has 26 heavy (non-hydrogen) atoms. The van der Waals surface area contributed by atoms with Gasteiger partial charge in [0, 0.05) is 18.6 Å². The second-order valence-corrected chi connectivity index (χ2v) is 7.19. The lowest BCUT2D eigenvalue weighted by Crippen LogP contribution is -2.41. The third kappa shape index (κ3) is 2.20. The Bertz CT molecular complexity index is 879. The normalized spacial score (nSPS) is 23.0. The molecule has 5 heteroatoms. The SMILES string of the molecule is COc1cc2c(cc1OC)C1Cc3cc4c(cc3C(C)N1CC2)OCO4. The van der Waals surface area contributed by atoms with E-state index in [4.69, 9.17) is 18.9 Å². The van der Waals surface area contributed by atoms with Crippen molar-refractivity contribution >= 4 is 0 Å². The van der Waals surface area contributed by atoms with Gasteiger partial charge >= 0.3 is 0 Å². The molecule has 0 bridgehead atoms. The highest BCUT2D eigenvalue weighted by Gasteiger charge is 2.38. The molecule has 2 unspecified atom stereocenters. The summed E-state index contributed by atoms with van der Waals surface area (Å²) in [5.41, 5.74) is 5.42. The maximum Gasteiger partial charge on any atom is 0.231 e. The molecular formula is C21H23NO4. The van der Waals surface area contributed by atoms with E-state index in [1.54, 1.807) is 14.2 Å². The molecule has 136 valence electrons. The summed E-state index contributed by atoms with van der Waals surface area (Å²) in [6, 6.07) is 9.34. The topological polar surface area (TPSA) is 40.2 Å². The van der Waals surface area contributed by atoms with Crippen LogP contribution in [-0.2, 0) is 12.8 Å². The van der Waals surface area contributed by atoms with Crippen molar-refractivity contribution < 1.29 is 18.9 Å². The summed E-state index contributed by atoms with van der Waals surface area (Å²) in [6.45, 7) is 3.65. The molecule has 5 nitrogen and oxygen atoms in total. The summed E-state index contributed by atoms with van der Waals surface area (Å²) in [7, 11) is 3.39. The summed E-state index contributed by atoms with van der Waals surface area (Å²) in [4.78, 5) is 2.60. The Kier molecular flexibility index (Phi) is 3.54. The minimum Gasteiger partial charge on any atom is -0.493 e. The predicted molar refractivity (Wildman–Crippen MR) is 97.4 cm³/mol. The maximum absolute atomic E-state index is 5.60. The van der Waals surface area contributed by atoms with Crippen LogP contribution < -0.4 is 18.9 Å². The van der Waals surface area contributed by atoms with Crippen LogP contribution in [0.3, 0.4) is 0 Å². The number of rotatable bonds is 2. The van der Waals surface area contributed by atoms with Crippen molar-refractivity contribution in [2.24, 2.45) is 0 Å². The van der Waals surface area contributed by atoms with Gasteiger partial charge < -0.3 is 18.9 Å². The Hall–Kier alpha value is -2.40. The first-order chi connectivity index (χ1) is 12.7. The van der Waals surface area contributed by atoms with Crippen LogP contribution in [0.4, 0.5) is 0 Å². The molecule has 0 aromatic heterocycles. The van der Waals surface area contributed by atoms with E-state index < -0.39 is 0 Å². The standard InChI is InChI=1S/C21H23NO4/c1-12-15-9-21-20(25-11-26-21)8-14(15)6-17-16-10-19(24-3)18(23-2)7-13(16)4-5-22(12)17/h7-10,12,17H,4-6,11H2,1-3H3. The van der Waals surface area contributed by atoms with Crippen LogP contribution in [0.25, 0.3) is 0 Å². The van der Waals surface area contributed by atoms with E-state index in [1.807, 2.05) is 0 Å². The van der Waals surface area contributed by atoms with E-state index in [2.05, 4.69) is 36.1 Å². The zero-order chi connectivity index (χ0) is 17.8. The van der Waals surface area contributed by atoms with E-state index in [0.29, 0.717) is 18.9 Å². The fraction of sp³-hybridized carbons (Fsp3) is 0.429. The van der Waals surface area contributed by atoms with Gasteiger partial charge in [-0.2, -0.15) is 0 Å². The highest BCUT2D eigenvalue weighted by atomic mass is 16.7. The van der Waals surface area contributed by atoms with E-state index in [0.717, 1.165) is 42.4 Å². The van der Waals surface area contributed by atoms with Gasteiger partial charge in [0.05, 0.1) is 14.2 Å². The minimum atomic E-state index is 0.319. The Morgan fingerprint density at radius 2 is 1.65 bits per heavy atom. The number of ether oxygens (including phenoxy) is 4. The lowest BCUT2D eigenvalue weighted by molar-refractivity contribution is 0.117. The third-order valence-corrected chi connectivity index (χ3v) is 6.04. The molecule has 3 heterocycles. The quantitative estimate of drug-likeness (QED) is 0.824. The molecule has 0 fully saturated rings. The summed E-state index contributed by atoms with van der Waals surface area (Å²) in [5, 5.41) is 0. The molecule has 0 amide bonds.